The molecule has 0 saturated heterocycles. The van der Waals surface area contributed by atoms with Gasteiger partial charge in [0.1, 0.15) is 17.1 Å². The number of fused-ring (bicyclic) bond motifs is 1. The van der Waals surface area contributed by atoms with Crippen molar-refractivity contribution in [2.75, 3.05) is 5.32 Å². The molecule has 0 radical (unpaired) electrons. The van der Waals surface area contributed by atoms with Crippen LogP contribution in [0.3, 0.4) is 0 Å². The second kappa shape index (κ2) is 6.83. The van der Waals surface area contributed by atoms with Crippen molar-refractivity contribution in [3.8, 4) is 11.1 Å². The van der Waals surface area contributed by atoms with E-state index in [0.29, 0.717) is 10.3 Å². The molecule has 0 saturated carbocycles. The summed E-state index contributed by atoms with van der Waals surface area (Å²) in [6, 6.07) is 7.76. The van der Waals surface area contributed by atoms with Crippen LogP contribution in [0.1, 0.15) is 27.6 Å². The molecule has 0 aliphatic heterocycles. The van der Waals surface area contributed by atoms with Crippen molar-refractivity contribution in [3.63, 3.8) is 0 Å². The molecule has 3 N–H and O–H groups in total. The van der Waals surface area contributed by atoms with E-state index in [2.05, 4.69) is 30.6 Å². The molecular formula is C18H14F3N7O2. The van der Waals surface area contributed by atoms with Gasteiger partial charge in [0, 0.05) is 0 Å². The monoisotopic (exact) mass is 417 g/mol. The van der Waals surface area contributed by atoms with Gasteiger partial charge in [-0.2, -0.15) is 22.7 Å². The van der Waals surface area contributed by atoms with Crippen LogP contribution in [-0.4, -0.2) is 35.7 Å². The Balaban J connectivity index is 1.93. The molecule has 30 heavy (non-hydrogen) atoms. The number of aromatic nitrogens is 6. The summed E-state index contributed by atoms with van der Waals surface area (Å²) >= 11 is 0. The minimum atomic E-state index is -4.78. The highest BCUT2D eigenvalue weighted by molar-refractivity contribution is 6.04. The predicted octanol–water partition coefficient (Wildman–Crippen LogP) is 2.70. The molecule has 0 fully saturated rings. The number of halogens is 3. The number of nitrogens with zero attached hydrogens (tertiary/aromatic N) is 4. The molecule has 0 bridgehead atoms. The number of aryl methyl sites for hydroxylation is 2. The highest BCUT2D eigenvalue weighted by atomic mass is 19.4. The lowest BCUT2D eigenvalue weighted by Crippen LogP contribution is -2.29. The number of carbonyl (C=O) groups excluding carboxylic acids is 1. The zero-order chi connectivity index (χ0) is 21.6. The first-order valence-corrected chi connectivity index (χ1v) is 8.65. The highest BCUT2D eigenvalue weighted by Crippen LogP contribution is 2.38. The Morgan fingerprint density at radius 2 is 1.83 bits per heavy atom. The largest absolute Gasteiger partial charge is 0.433 e. The number of rotatable bonds is 3. The molecule has 12 heteroatoms. The van der Waals surface area contributed by atoms with Crippen LogP contribution in [-0.2, 0) is 6.18 Å². The first-order chi connectivity index (χ1) is 14.2. The first-order valence-electron chi connectivity index (χ1n) is 8.65. The summed E-state index contributed by atoms with van der Waals surface area (Å²) in [5.41, 5.74) is -2.86. The topological polar surface area (TPSA) is 121 Å². The van der Waals surface area contributed by atoms with Crippen molar-refractivity contribution < 1.29 is 18.0 Å². The van der Waals surface area contributed by atoms with Crippen molar-refractivity contribution >= 4 is 17.5 Å². The van der Waals surface area contributed by atoms with Crippen molar-refractivity contribution in [2.45, 2.75) is 20.0 Å². The average Bonchev–Trinajstić information content (AvgIpc) is 3.26. The normalized spacial score (nSPS) is 11.8. The van der Waals surface area contributed by atoms with E-state index in [4.69, 9.17) is 0 Å². The van der Waals surface area contributed by atoms with E-state index in [1.807, 2.05) is 0 Å². The van der Waals surface area contributed by atoms with Crippen LogP contribution < -0.4 is 10.9 Å². The molecule has 0 atom stereocenters. The zero-order valence-electron chi connectivity index (χ0n) is 15.6. The molecule has 0 aliphatic rings. The van der Waals surface area contributed by atoms with Gasteiger partial charge in [0.15, 0.2) is 5.65 Å². The van der Waals surface area contributed by atoms with E-state index in [-0.39, 0.29) is 28.4 Å². The van der Waals surface area contributed by atoms with Gasteiger partial charge in [-0.15, -0.1) is 5.10 Å². The van der Waals surface area contributed by atoms with E-state index in [9.17, 15) is 22.8 Å². The molecule has 4 aromatic rings. The van der Waals surface area contributed by atoms with Crippen LogP contribution in [0, 0.1) is 13.8 Å². The van der Waals surface area contributed by atoms with Gasteiger partial charge in [0.05, 0.1) is 11.3 Å². The number of anilines is 1. The summed E-state index contributed by atoms with van der Waals surface area (Å²) in [4.78, 5) is 33.5. The predicted molar refractivity (Wildman–Crippen MR) is 100 cm³/mol. The fourth-order valence-corrected chi connectivity index (χ4v) is 3.09. The summed E-state index contributed by atoms with van der Waals surface area (Å²) in [5.74, 6) is -0.532. The SMILES string of the molecule is Cc1nc(NC(=O)c2c(C)nc3c(-c4ccccc4)c(C(F)(F)F)[nH]n3c2=O)n[nH]1. The van der Waals surface area contributed by atoms with Crippen LogP contribution in [0.15, 0.2) is 35.1 Å². The average molecular weight is 417 g/mol. The lowest BCUT2D eigenvalue weighted by Gasteiger charge is -2.07. The van der Waals surface area contributed by atoms with Crippen LogP contribution >= 0.6 is 0 Å². The van der Waals surface area contributed by atoms with E-state index >= 15 is 0 Å². The number of hydrogen-bond donors (Lipinski definition) is 3. The standard InChI is InChI=1S/C18H14F3N7O2/c1-8-11(15(29)24-17-23-9(2)25-26-17)16(30)28-14(22-8)12(10-6-4-3-5-7-10)13(27-28)18(19,20)21/h3-7,27H,1-2H3,(H2,23,24,25,26,29). The Bertz CT molecular complexity index is 1320. The lowest BCUT2D eigenvalue weighted by atomic mass is 10.1. The van der Waals surface area contributed by atoms with Crippen molar-refractivity contribution in [1.82, 2.24) is 29.8 Å². The fraction of sp³-hybridized carbons (Fsp3) is 0.167. The van der Waals surface area contributed by atoms with Crippen LogP contribution in [0.4, 0.5) is 19.1 Å². The number of alkyl halides is 3. The molecule has 9 nitrogen and oxygen atoms in total. The van der Waals surface area contributed by atoms with Crippen LogP contribution in [0.5, 0.6) is 0 Å². The highest BCUT2D eigenvalue weighted by Gasteiger charge is 2.38. The Morgan fingerprint density at radius 3 is 2.43 bits per heavy atom. The van der Waals surface area contributed by atoms with Gasteiger partial charge in [0.25, 0.3) is 11.5 Å². The van der Waals surface area contributed by atoms with Gasteiger partial charge in [-0.1, -0.05) is 30.3 Å². The Kier molecular flexibility index (Phi) is 4.41. The Labute approximate surface area is 166 Å². The molecular weight excluding hydrogens is 403 g/mol. The molecule has 3 heterocycles. The van der Waals surface area contributed by atoms with Crippen molar-refractivity contribution in [2.24, 2.45) is 0 Å². The fourth-order valence-electron chi connectivity index (χ4n) is 3.09. The molecule has 3 aromatic heterocycles. The van der Waals surface area contributed by atoms with E-state index in [1.54, 1.807) is 25.1 Å². The molecule has 0 spiro atoms. The minimum absolute atomic E-state index is 0.0327. The maximum Gasteiger partial charge on any atom is 0.433 e. The number of amides is 1. The van der Waals surface area contributed by atoms with Crippen LogP contribution in [0.2, 0.25) is 0 Å². The maximum atomic E-state index is 13.7. The number of H-pyrrole nitrogens is 2. The summed E-state index contributed by atoms with van der Waals surface area (Å²) in [6.45, 7) is 2.98. The van der Waals surface area contributed by atoms with Gasteiger partial charge in [-0.3, -0.25) is 25.1 Å². The third-order valence-electron chi connectivity index (χ3n) is 4.36. The number of hydrogen-bond acceptors (Lipinski definition) is 5. The van der Waals surface area contributed by atoms with Crippen LogP contribution in [0.25, 0.3) is 16.8 Å². The number of nitrogens with one attached hydrogen (secondary N) is 3. The van der Waals surface area contributed by atoms with Crippen molar-refractivity contribution in [3.05, 3.63) is 63.5 Å². The lowest BCUT2D eigenvalue weighted by molar-refractivity contribution is -0.140. The third-order valence-corrected chi connectivity index (χ3v) is 4.36. The summed E-state index contributed by atoms with van der Waals surface area (Å²) in [7, 11) is 0. The molecule has 154 valence electrons. The molecule has 1 amide bonds. The Morgan fingerprint density at radius 1 is 1.13 bits per heavy atom. The maximum absolute atomic E-state index is 13.7. The molecule has 0 unspecified atom stereocenters. The summed E-state index contributed by atoms with van der Waals surface area (Å²) < 4.78 is 41.7. The minimum Gasteiger partial charge on any atom is -0.289 e. The van der Waals surface area contributed by atoms with E-state index in [1.165, 1.54) is 19.1 Å². The van der Waals surface area contributed by atoms with Gasteiger partial charge in [-0.25, -0.2) is 4.98 Å². The van der Waals surface area contributed by atoms with E-state index < -0.39 is 28.9 Å². The molecule has 0 aliphatic carbocycles. The summed E-state index contributed by atoms with van der Waals surface area (Å²) in [5, 5.41) is 10.7. The van der Waals surface area contributed by atoms with Gasteiger partial charge in [-0.05, 0) is 19.4 Å². The number of carbonyl (C=O) groups is 1. The van der Waals surface area contributed by atoms with Gasteiger partial charge < -0.3 is 0 Å². The first kappa shape index (κ1) is 19.4. The van der Waals surface area contributed by atoms with Gasteiger partial charge in [0.2, 0.25) is 5.95 Å². The zero-order valence-corrected chi connectivity index (χ0v) is 15.6. The second-order valence-electron chi connectivity index (χ2n) is 6.46. The van der Waals surface area contributed by atoms with E-state index in [0.717, 1.165) is 0 Å². The molecule has 1 aromatic carbocycles. The third kappa shape index (κ3) is 3.21. The van der Waals surface area contributed by atoms with Crippen molar-refractivity contribution in [1.29, 1.82) is 0 Å². The smallest absolute Gasteiger partial charge is 0.289 e. The number of benzene rings is 1. The summed E-state index contributed by atoms with van der Waals surface area (Å²) in [6.07, 6.45) is -4.78. The van der Waals surface area contributed by atoms with Gasteiger partial charge >= 0.3 is 6.18 Å². The number of aromatic amines is 2. The quantitative estimate of drug-likeness (QED) is 0.473. The second-order valence-corrected chi connectivity index (χ2v) is 6.46. The Hall–Kier alpha value is -3.96. The molecule has 4 rings (SSSR count).